The molecule has 5 nitrogen and oxygen atoms in total. The Bertz CT molecular complexity index is 819. The molecule has 1 aromatic heterocycles. The number of hydrogen-bond donors (Lipinski definition) is 3. The fourth-order valence-corrected chi connectivity index (χ4v) is 2.61. The zero-order valence-electron chi connectivity index (χ0n) is 12.6. The summed E-state index contributed by atoms with van der Waals surface area (Å²) in [4.78, 5) is 7.89. The molecule has 0 bridgehead atoms. The van der Waals surface area contributed by atoms with Gasteiger partial charge in [0, 0.05) is 18.3 Å². The Morgan fingerprint density at radius 3 is 2.46 bits per heavy atom. The van der Waals surface area contributed by atoms with Gasteiger partial charge in [-0.2, -0.15) is 4.98 Å². The first-order valence-electron chi connectivity index (χ1n) is 7.24. The van der Waals surface area contributed by atoms with Crippen molar-refractivity contribution in [2.24, 2.45) is 0 Å². The van der Waals surface area contributed by atoms with Gasteiger partial charge >= 0.3 is 0 Å². The van der Waals surface area contributed by atoms with Gasteiger partial charge in [0.2, 0.25) is 5.95 Å². The number of aromatic nitrogens is 2. The Labute approximate surface area is 149 Å². The highest BCUT2D eigenvalue weighted by Crippen LogP contribution is 2.28. The van der Waals surface area contributed by atoms with E-state index in [1.165, 1.54) is 5.56 Å². The Balaban J connectivity index is 1.70. The number of rotatable bonds is 5. The summed E-state index contributed by atoms with van der Waals surface area (Å²) in [6.07, 6.45) is 0. The number of nitrogens with one attached hydrogen (secondary N) is 2. The molecule has 3 aromatic rings. The minimum absolute atomic E-state index is 0.109. The molecule has 0 unspecified atom stereocenters. The van der Waals surface area contributed by atoms with Crippen molar-refractivity contribution in [2.75, 3.05) is 16.4 Å². The first-order chi connectivity index (χ1) is 11.6. The lowest BCUT2D eigenvalue weighted by Gasteiger charge is -2.11. The highest BCUT2D eigenvalue weighted by Gasteiger charge is 2.05. The second kappa shape index (κ2) is 7.38. The van der Waals surface area contributed by atoms with E-state index in [0.717, 1.165) is 11.4 Å². The molecule has 0 amide bonds. The molecule has 1 heterocycles. The van der Waals surface area contributed by atoms with Gasteiger partial charge in [0.15, 0.2) is 0 Å². The van der Waals surface area contributed by atoms with Crippen LogP contribution in [0.15, 0.2) is 54.6 Å². The molecular formula is C17H15Cl2N5. The van der Waals surface area contributed by atoms with E-state index >= 15 is 0 Å². The third-order valence-corrected chi connectivity index (χ3v) is 3.79. The molecule has 7 heteroatoms. The van der Waals surface area contributed by atoms with Gasteiger partial charge in [0.05, 0.1) is 10.7 Å². The largest absolute Gasteiger partial charge is 0.380 e. The van der Waals surface area contributed by atoms with Crippen molar-refractivity contribution < 1.29 is 0 Å². The van der Waals surface area contributed by atoms with Crippen molar-refractivity contribution >= 4 is 46.3 Å². The molecule has 2 aromatic carbocycles. The smallest absolute Gasteiger partial charge is 0.223 e. The predicted molar refractivity (Wildman–Crippen MR) is 100.0 cm³/mol. The summed E-state index contributed by atoms with van der Waals surface area (Å²) in [5, 5.41) is 7.29. The van der Waals surface area contributed by atoms with Gasteiger partial charge in [0.1, 0.15) is 11.0 Å². The molecule has 3 rings (SSSR count). The first kappa shape index (κ1) is 16.4. The number of nitrogen functional groups attached to an aromatic ring is 1. The minimum atomic E-state index is 0.109. The third kappa shape index (κ3) is 4.28. The van der Waals surface area contributed by atoms with Crippen LogP contribution in [-0.2, 0) is 6.54 Å². The van der Waals surface area contributed by atoms with Crippen LogP contribution in [0.3, 0.4) is 0 Å². The minimum Gasteiger partial charge on any atom is -0.380 e. The first-order valence-corrected chi connectivity index (χ1v) is 8.00. The summed E-state index contributed by atoms with van der Waals surface area (Å²) in [5.41, 5.74) is 8.39. The maximum absolute atomic E-state index is 6.34. The number of hydrogen-bond acceptors (Lipinski definition) is 5. The van der Waals surface area contributed by atoms with Crippen LogP contribution in [0.2, 0.25) is 10.2 Å². The maximum atomic E-state index is 6.34. The molecule has 0 aliphatic carbocycles. The van der Waals surface area contributed by atoms with Crippen LogP contribution in [0, 0.1) is 0 Å². The average Bonchev–Trinajstić information content (AvgIpc) is 2.54. The molecule has 0 aliphatic heterocycles. The van der Waals surface area contributed by atoms with E-state index in [0.29, 0.717) is 17.4 Å². The number of halogens is 2. The van der Waals surface area contributed by atoms with Gasteiger partial charge in [-0.1, -0.05) is 53.5 Å². The standard InChI is InChI=1S/C17H15Cl2N5/c18-13-8-12(22-16-9-15(19)23-17(20)24-16)6-7-14(13)21-10-11-4-2-1-3-5-11/h1-9,21H,10H2,(H3,20,22,23,24). The van der Waals surface area contributed by atoms with E-state index in [2.05, 4.69) is 32.7 Å². The summed E-state index contributed by atoms with van der Waals surface area (Å²) >= 11 is 12.2. The number of benzene rings is 2. The molecule has 122 valence electrons. The van der Waals surface area contributed by atoms with Crippen LogP contribution in [0.25, 0.3) is 0 Å². The quantitative estimate of drug-likeness (QED) is 0.574. The zero-order chi connectivity index (χ0) is 16.9. The van der Waals surface area contributed by atoms with Gasteiger partial charge in [-0.25, -0.2) is 4.98 Å². The summed E-state index contributed by atoms with van der Waals surface area (Å²) in [6, 6.07) is 17.3. The van der Waals surface area contributed by atoms with Crippen molar-refractivity contribution in [3.05, 3.63) is 70.3 Å². The van der Waals surface area contributed by atoms with Crippen molar-refractivity contribution in [3.63, 3.8) is 0 Å². The Hall–Kier alpha value is -2.50. The molecule has 4 N–H and O–H groups in total. The second-order valence-electron chi connectivity index (χ2n) is 5.09. The number of nitrogens with zero attached hydrogens (tertiary/aromatic N) is 2. The lowest BCUT2D eigenvalue weighted by atomic mass is 10.2. The van der Waals surface area contributed by atoms with Crippen LogP contribution in [-0.4, -0.2) is 9.97 Å². The number of anilines is 4. The summed E-state index contributed by atoms with van der Waals surface area (Å²) < 4.78 is 0. The van der Waals surface area contributed by atoms with Crippen molar-refractivity contribution in [1.29, 1.82) is 0 Å². The highest BCUT2D eigenvalue weighted by molar-refractivity contribution is 6.33. The fraction of sp³-hybridized carbons (Fsp3) is 0.0588. The Kier molecular flexibility index (Phi) is 5.03. The zero-order valence-corrected chi connectivity index (χ0v) is 14.1. The SMILES string of the molecule is Nc1nc(Cl)cc(Nc2ccc(NCc3ccccc3)c(Cl)c2)n1. The lowest BCUT2D eigenvalue weighted by molar-refractivity contribution is 1.15. The van der Waals surface area contributed by atoms with Crippen LogP contribution >= 0.6 is 23.2 Å². The van der Waals surface area contributed by atoms with Crippen LogP contribution in [0.4, 0.5) is 23.1 Å². The fourth-order valence-electron chi connectivity index (χ4n) is 2.18. The second-order valence-corrected chi connectivity index (χ2v) is 5.89. The lowest BCUT2D eigenvalue weighted by Crippen LogP contribution is -2.02. The summed E-state index contributed by atoms with van der Waals surface area (Å²) in [5.74, 6) is 0.616. The van der Waals surface area contributed by atoms with Gasteiger partial charge in [-0.05, 0) is 23.8 Å². The molecule has 0 spiro atoms. The third-order valence-electron chi connectivity index (χ3n) is 3.28. The van der Waals surface area contributed by atoms with Gasteiger partial charge in [-0.15, -0.1) is 0 Å². The van der Waals surface area contributed by atoms with Crippen molar-refractivity contribution in [3.8, 4) is 0 Å². The Morgan fingerprint density at radius 1 is 0.958 bits per heavy atom. The normalized spacial score (nSPS) is 10.4. The van der Waals surface area contributed by atoms with E-state index in [4.69, 9.17) is 28.9 Å². The van der Waals surface area contributed by atoms with Gasteiger partial charge in [0.25, 0.3) is 0 Å². The van der Waals surface area contributed by atoms with E-state index in [-0.39, 0.29) is 11.1 Å². The Morgan fingerprint density at radius 2 is 1.75 bits per heavy atom. The molecule has 0 aliphatic rings. The van der Waals surface area contributed by atoms with Crippen LogP contribution < -0.4 is 16.4 Å². The molecule has 0 saturated heterocycles. The van der Waals surface area contributed by atoms with Crippen LogP contribution in [0.5, 0.6) is 0 Å². The van der Waals surface area contributed by atoms with E-state index in [1.807, 2.05) is 30.3 Å². The monoisotopic (exact) mass is 359 g/mol. The maximum Gasteiger partial charge on any atom is 0.223 e. The van der Waals surface area contributed by atoms with E-state index < -0.39 is 0 Å². The van der Waals surface area contributed by atoms with Crippen molar-refractivity contribution in [1.82, 2.24) is 9.97 Å². The van der Waals surface area contributed by atoms with Crippen molar-refractivity contribution in [2.45, 2.75) is 6.54 Å². The highest BCUT2D eigenvalue weighted by atomic mass is 35.5. The summed E-state index contributed by atoms with van der Waals surface area (Å²) in [6.45, 7) is 0.700. The molecule has 0 fully saturated rings. The van der Waals surface area contributed by atoms with Crippen LogP contribution in [0.1, 0.15) is 5.56 Å². The molecule has 24 heavy (non-hydrogen) atoms. The molecule has 0 saturated carbocycles. The molecule has 0 atom stereocenters. The van der Waals surface area contributed by atoms with Gasteiger partial charge in [-0.3, -0.25) is 0 Å². The predicted octanol–water partition coefficient (Wildman–Crippen LogP) is 4.72. The van der Waals surface area contributed by atoms with E-state index in [9.17, 15) is 0 Å². The average molecular weight is 360 g/mol. The molecule has 0 radical (unpaired) electrons. The topological polar surface area (TPSA) is 75.9 Å². The van der Waals surface area contributed by atoms with E-state index in [1.54, 1.807) is 12.1 Å². The number of nitrogens with two attached hydrogens (primary N) is 1. The van der Waals surface area contributed by atoms with Gasteiger partial charge < -0.3 is 16.4 Å². The molecular weight excluding hydrogens is 345 g/mol. The summed E-state index contributed by atoms with van der Waals surface area (Å²) in [7, 11) is 0.